The van der Waals surface area contributed by atoms with Crippen LogP contribution in [0.25, 0.3) is 6.08 Å². The Hall–Kier alpha value is -1.25. The van der Waals surface area contributed by atoms with Crippen LogP contribution in [0.4, 0.5) is 0 Å². The van der Waals surface area contributed by atoms with E-state index in [1.54, 1.807) is 11.3 Å². The summed E-state index contributed by atoms with van der Waals surface area (Å²) in [7, 11) is 0. The highest BCUT2D eigenvalue weighted by molar-refractivity contribution is 7.08. The first-order chi connectivity index (χ1) is 9.19. The van der Waals surface area contributed by atoms with Gasteiger partial charge in [-0.2, -0.15) is 11.3 Å². The molecule has 0 saturated heterocycles. The lowest BCUT2D eigenvalue weighted by Crippen LogP contribution is -1.96. The third-order valence-electron chi connectivity index (χ3n) is 3.12. The van der Waals surface area contributed by atoms with Crippen LogP contribution in [0.1, 0.15) is 30.0 Å². The Kier molecular flexibility index (Phi) is 5.06. The van der Waals surface area contributed by atoms with Crippen LogP contribution in [0.3, 0.4) is 0 Å². The van der Waals surface area contributed by atoms with E-state index in [0.29, 0.717) is 0 Å². The molecule has 0 atom stereocenters. The maximum atomic E-state index is 5.91. The second-order valence-corrected chi connectivity index (χ2v) is 5.73. The highest BCUT2D eigenvalue weighted by atomic mass is 35.5. The van der Waals surface area contributed by atoms with Crippen molar-refractivity contribution in [1.29, 1.82) is 0 Å². The molecule has 0 bridgehead atoms. The molecule has 100 valence electrons. The summed E-state index contributed by atoms with van der Waals surface area (Å²) in [6.07, 6.45) is 5.05. The van der Waals surface area contributed by atoms with Crippen molar-refractivity contribution < 1.29 is 0 Å². The summed E-state index contributed by atoms with van der Waals surface area (Å²) in [6.45, 7) is 2.07. The zero-order valence-electron chi connectivity index (χ0n) is 11.0. The van der Waals surface area contributed by atoms with E-state index in [1.807, 2.05) is 12.1 Å². The van der Waals surface area contributed by atoms with E-state index in [-0.39, 0.29) is 0 Å². The molecule has 0 saturated carbocycles. The number of hydrogen-bond donors (Lipinski definition) is 1. The molecule has 1 nitrogen and oxygen atoms in total. The first-order valence-corrected chi connectivity index (χ1v) is 7.76. The normalized spacial score (nSPS) is 11.8. The second kappa shape index (κ2) is 6.78. The van der Waals surface area contributed by atoms with Crippen molar-refractivity contribution in [2.75, 3.05) is 0 Å². The Morgan fingerprint density at radius 1 is 1.21 bits per heavy atom. The fourth-order valence-corrected chi connectivity index (χ4v) is 2.87. The Morgan fingerprint density at radius 3 is 2.63 bits per heavy atom. The molecule has 2 N–H and O–H groups in total. The number of rotatable bonds is 5. The molecule has 0 spiro atoms. The fourth-order valence-electron chi connectivity index (χ4n) is 1.90. The second-order valence-electron chi connectivity index (χ2n) is 4.55. The SMILES string of the molecule is CC/C(N)=C/c1cscc1CCc1ccc(Cl)cc1. The van der Waals surface area contributed by atoms with Crippen molar-refractivity contribution in [3.63, 3.8) is 0 Å². The zero-order chi connectivity index (χ0) is 13.7. The van der Waals surface area contributed by atoms with E-state index >= 15 is 0 Å². The quantitative estimate of drug-likeness (QED) is 0.833. The van der Waals surface area contributed by atoms with Gasteiger partial charge < -0.3 is 5.73 Å². The van der Waals surface area contributed by atoms with Gasteiger partial charge in [0, 0.05) is 10.7 Å². The van der Waals surface area contributed by atoms with Crippen molar-refractivity contribution in [2.45, 2.75) is 26.2 Å². The number of halogens is 1. The van der Waals surface area contributed by atoms with Crippen LogP contribution in [0, 0.1) is 0 Å². The Balaban J connectivity index is 2.04. The predicted octanol–water partition coefficient (Wildman–Crippen LogP) is 4.90. The van der Waals surface area contributed by atoms with Gasteiger partial charge in [-0.05, 0) is 64.9 Å². The lowest BCUT2D eigenvalue weighted by Gasteiger charge is -2.03. The van der Waals surface area contributed by atoms with Gasteiger partial charge in [-0.1, -0.05) is 30.7 Å². The average molecular weight is 292 g/mol. The maximum Gasteiger partial charge on any atom is 0.0406 e. The smallest absolute Gasteiger partial charge is 0.0406 e. The Bertz CT molecular complexity index is 554. The number of aryl methyl sites for hydroxylation is 2. The molecular weight excluding hydrogens is 274 g/mol. The van der Waals surface area contributed by atoms with Gasteiger partial charge in [0.2, 0.25) is 0 Å². The summed E-state index contributed by atoms with van der Waals surface area (Å²) >= 11 is 7.62. The van der Waals surface area contributed by atoms with Gasteiger partial charge in [-0.15, -0.1) is 0 Å². The minimum absolute atomic E-state index is 0.790. The van der Waals surface area contributed by atoms with Crippen LogP contribution < -0.4 is 5.73 Å². The molecule has 0 fully saturated rings. The summed E-state index contributed by atoms with van der Waals surface area (Å²) < 4.78 is 0. The third-order valence-corrected chi connectivity index (χ3v) is 4.18. The Labute approximate surface area is 123 Å². The molecule has 1 aromatic heterocycles. The number of allylic oxidation sites excluding steroid dienone is 1. The van der Waals surface area contributed by atoms with Gasteiger partial charge in [0.15, 0.2) is 0 Å². The summed E-state index contributed by atoms with van der Waals surface area (Å²) in [5, 5.41) is 5.17. The van der Waals surface area contributed by atoms with Crippen molar-refractivity contribution in [1.82, 2.24) is 0 Å². The van der Waals surface area contributed by atoms with E-state index in [2.05, 4.69) is 35.9 Å². The van der Waals surface area contributed by atoms with Gasteiger partial charge in [0.05, 0.1) is 0 Å². The van der Waals surface area contributed by atoms with E-state index in [9.17, 15) is 0 Å². The Morgan fingerprint density at radius 2 is 1.95 bits per heavy atom. The van der Waals surface area contributed by atoms with Crippen LogP contribution in [0.5, 0.6) is 0 Å². The fraction of sp³-hybridized carbons (Fsp3) is 0.250. The van der Waals surface area contributed by atoms with Crippen LogP contribution in [-0.2, 0) is 12.8 Å². The van der Waals surface area contributed by atoms with Crippen LogP contribution in [-0.4, -0.2) is 0 Å². The van der Waals surface area contributed by atoms with Crippen LogP contribution in [0.15, 0.2) is 40.7 Å². The zero-order valence-corrected chi connectivity index (χ0v) is 12.6. The van der Waals surface area contributed by atoms with Crippen molar-refractivity contribution in [3.8, 4) is 0 Å². The van der Waals surface area contributed by atoms with E-state index in [0.717, 1.165) is 30.0 Å². The molecule has 2 rings (SSSR count). The molecule has 1 heterocycles. The first-order valence-electron chi connectivity index (χ1n) is 6.44. The lowest BCUT2D eigenvalue weighted by molar-refractivity contribution is 0.962. The van der Waals surface area contributed by atoms with Crippen LogP contribution in [0.2, 0.25) is 5.02 Å². The minimum atomic E-state index is 0.790. The highest BCUT2D eigenvalue weighted by Crippen LogP contribution is 2.20. The van der Waals surface area contributed by atoms with E-state index in [1.165, 1.54) is 16.7 Å². The van der Waals surface area contributed by atoms with Gasteiger partial charge in [-0.25, -0.2) is 0 Å². The summed E-state index contributed by atoms with van der Waals surface area (Å²) in [5.74, 6) is 0. The molecule has 0 amide bonds. The minimum Gasteiger partial charge on any atom is -0.402 e. The third kappa shape index (κ3) is 4.12. The van der Waals surface area contributed by atoms with Crippen molar-refractivity contribution in [2.24, 2.45) is 5.73 Å². The summed E-state index contributed by atoms with van der Waals surface area (Å²) in [6, 6.07) is 8.07. The lowest BCUT2D eigenvalue weighted by atomic mass is 10.0. The molecule has 0 unspecified atom stereocenters. The monoisotopic (exact) mass is 291 g/mol. The van der Waals surface area contributed by atoms with Gasteiger partial charge >= 0.3 is 0 Å². The van der Waals surface area contributed by atoms with Crippen LogP contribution >= 0.6 is 22.9 Å². The maximum absolute atomic E-state index is 5.91. The average Bonchev–Trinajstić information content (AvgIpc) is 2.85. The van der Waals surface area contributed by atoms with E-state index < -0.39 is 0 Å². The molecule has 0 radical (unpaired) electrons. The largest absolute Gasteiger partial charge is 0.402 e. The first kappa shape index (κ1) is 14.2. The predicted molar refractivity (Wildman–Crippen MR) is 85.6 cm³/mol. The number of hydrogen-bond acceptors (Lipinski definition) is 2. The topological polar surface area (TPSA) is 26.0 Å². The van der Waals surface area contributed by atoms with Gasteiger partial charge in [0.1, 0.15) is 0 Å². The summed E-state index contributed by atoms with van der Waals surface area (Å²) in [4.78, 5) is 0. The number of thiophene rings is 1. The molecule has 19 heavy (non-hydrogen) atoms. The van der Waals surface area contributed by atoms with Crippen molar-refractivity contribution in [3.05, 3.63) is 62.4 Å². The van der Waals surface area contributed by atoms with Gasteiger partial charge in [0.25, 0.3) is 0 Å². The number of nitrogens with two attached hydrogens (primary N) is 1. The standard InChI is InChI=1S/C16H18ClNS/c1-2-16(18)9-14-11-19-10-13(14)6-3-12-4-7-15(17)8-5-12/h4-5,7-11H,2-3,6,18H2,1H3/b16-9-. The van der Waals surface area contributed by atoms with E-state index in [4.69, 9.17) is 17.3 Å². The molecular formula is C16H18ClNS. The molecule has 2 aromatic rings. The molecule has 0 aliphatic heterocycles. The number of benzene rings is 1. The molecule has 0 aliphatic rings. The van der Waals surface area contributed by atoms with Crippen molar-refractivity contribution >= 4 is 29.0 Å². The highest BCUT2D eigenvalue weighted by Gasteiger charge is 2.03. The molecule has 3 heteroatoms. The molecule has 0 aliphatic carbocycles. The summed E-state index contributed by atoms with van der Waals surface area (Å²) in [5.41, 5.74) is 10.8. The van der Waals surface area contributed by atoms with Gasteiger partial charge in [-0.3, -0.25) is 0 Å². The molecule has 1 aromatic carbocycles.